The number of nitriles is 1. The lowest BCUT2D eigenvalue weighted by molar-refractivity contribution is -0.701. The predicted molar refractivity (Wildman–Crippen MR) is 95.1 cm³/mol. The Morgan fingerprint density at radius 1 is 0.923 bits per heavy atom. The van der Waals surface area contributed by atoms with Crippen LogP contribution in [-0.2, 0) is 4.57 Å². The molecule has 130 valence electrons. The van der Waals surface area contributed by atoms with E-state index in [-0.39, 0.29) is 0 Å². The minimum Gasteiger partial charge on any atom is -0.320 e. The Morgan fingerprint density at radius 2 is 1.42 bits per heavy atom. The first kappa shape index (κ1) is 18.0. The first-order valence-corrected chi connectivity index (χ1v) is 9.65. The molecule has 0 bridgehead atoms. The zero-order chi connectivity index (χ0) is 18.7. The Labute approximate surface area is 151 Å². The maximum absolute atomic E-state index is 11.4. The van der Waals surface area contributed by atoms with E-state index in [1.807, 2.05) is 53.4 Å². The number of nitrogens with zero attached hydrogens (tertiary/aromatic N) is 3. The highest BCUT2D eigenvalue weighted by molar-refractivity contribution is 7.51. The van der Waals surface area contributed by atoms with Gasteiger partial charge in [0.25, 0.3) is 5.78 Å². The van der Waals surface area contributed by atoms with E-state index in [2.05, 4.69) is 6.07 Å². The van der Waals surface area contributed by atoms with Crippen molar-refractivity contribution in [3.8, 4) is 22.9 Å². The lowest BCUT2D eigenvalue weighted by Gasteiger charge is -2.09. The summed E-state index contributed by atoms with van der Waals surface area (Å²) >= 11 is 0. The Bertz CT molecular complexity index is 988. The van der Waals surface area contributed by atoms with Crippen molar-refractivity contribution in [2.24, 2.45) is 0 Å². The topological polar surface area (TPSA) is 89.1 Å². The van der Waals surface area contributed by atoms with E-state index in [1.54, 1.807) is 24.5 Å². The SMILES string of the molecule is CC([n+]1ccc(-c2cc[n+](-c3ccc(C#N)cc3)cc2)cc1)P(=O)(O)O. The van der Waals surface area contributed by atoms with Gasteiger partial charge in [-0.05, 0) is 23.3 Å². The summed E-state index contributed by atoms with van der Waals surface area (Å²) in [7, 11) is -4.17. The van der Waals surface area contributed by atoms with Crippen LogP contribution in [0.1, 0.15) is 18.3 Å². The monoisotopic (exact) mass is 367 g/mol. The maximum Gasteiger partial charge on any atom is 0.392 e. The first-order chi connectivity index (χ1) is 12.4. The van der Waals surface area contributed by atoms with Crippen molar-refractivity contribution in [2.75, 3.05) is 0 Å². The molecule has 3 rings (SSSR count). The second kappa shape index (κ2) is 7.19. The predicted octanol–water partition coefficient (Wildman–Crippen LogP) is 2.49. The van der Waals surface area contributed by atoms with Crippen LogP contribution in [0.25, 0.3) is 16.8 Å². The molecular formula is C19H18N3O3P+2. The van der Waals surface area contributed by atoms with Gasteiger partial charge in [0, 0.05) is 43.3 Å². The summed E-state index contributed by atoms with van der Waals surface area (Å²) in [4.78, 5) is 18.5. The molecule has 0 aliphatic carbocycles. The molecule has 0 saturated heterocycles. The fourth-order valence-electron chi connectivity index (χ4n) is 2.55. The third-order valence-corrected chi connectivity index (χ3v) is 5.47. The van der Waals surface area contributed by atoms with Gasteiger partial charge >= 0.3 is 7.60 Å². The number of rotatable bonds is 4. The van der Waals surface area contributed by atoms with Gasteiger partial charge in [0.05, 0.1) is 11.6 Å². The van der Waals surface area contributed by atoms with Gasteiger partial charge in [0.1, 0.15) is 0 Å². The molecule has 0 radical (unpaired) electrons. The molecule has 2 N–H and O–H groups in total. The summed E-state index contributed by atoms with van der Waals surface area (Å²) in [5.41, 5.74) is 3.52. The van der Waals surface area contributed by atoms with E-state index in [0.29, 0.717) is 5.56 Å². The first-order valence-electron chi connectivity index (χ1n) is 7.97. The van der Waals surface area contributed by atoms with Gasteiger partial charge in [-0.25, -0.2) is 0 Å². The molecule has 2 heterocycles. The Balaban J connectivity index is 1.82. The number of aromatic nitrogens is 2. The highest BCUT2D eigenvalue weighted by atomic mass is 31.2. The Morgan fingerprint density at radius 3 is 1.88 bits per heavy atom. The van der Waals surface area contributed by atoms with E-state index >= 15 is 0 Å². The molecule has 26 heavy (non-hydrogen) atoms. The second-order valence-electron chi connectivity index (χ2n) is 5.91. The normalized spacial score (nSPS) is 12.4. The number of pyridine rings is 2. The molecule has 0 spiro atoms. The molecule has 0 aliphatic heterocycles. The molecule has 7 heteroatoms. The number of benzene rings is 1. The zero-order valence-corrected chi connectivity index (χ0v) is 15.0. The highest BCUT2D eigenvalue weighted by Crippen LogP contribution is 2.45. The van der Waals surface area contributed by atoms with Crippen LogP contribution in [-0.4, -0.2) is 9.79 Å². The van der Waals surface area contributed by atoms with Gasteiger partial charge in [-0.3, -0.25) is 4.57 Å². The van der Waals surface area contributed by atoms with Crippen molar-refractivity contribution < 1.29 is 23.5 Å². The van der Waals surface area contributed by atoms with Gasteiger partial charge in [-0.1, -0.05) is 0 Å². The molecule has 1 aromatic carbocycles. The molecule has 1 unspecified atom stereocenters. The summed E-state index contributed by atoms with van der Waals surface area (Å²) in [6.07, 6.45) is 7.19. The lowest BCUT2D eigenvalue weighted by Crippen LogP contribution is -2.36. The average molecular weight is 367 g/mol. The summed E-state index contributed by atoms with van der Waals surface area (Å²) in [6.45, 7) is 1.49. The third kappa shape index (κ3) is 3.87. The molecule has 0 fully saturated rings. The van der Waals surface area contributed by atoms with Crippen LogP contribution < -0.4 is 9.13 Å². The standard InChI is InChI=1S/C19H16N3O3P/c1-15(26(23,24)25)21-10-6-17(7-11-21)18-8-12-22(13-9-18)19-4-2-16(14-20)3-5-19/h2-13,15H,1H3/p+2. The van der Waals surface area contributed by atoms with E-state index in [1.165, 1.54) is 11.5 Å². The van der Waals surface area contributed by atoms with Crippen LogP contribution in [0.3, 0.4) is 0 Å². The van der Waals surface area contributed by atoms with Crippen LogP contribution in [0.5, 0.6) is 0 Å². The van der Waals surface area contributed by atoms with Crippen molar-refractivity contribution in [1.29, 1.82) is 5.26 Å². The van der Waals surface area contributed by atoms with Crippen LogP contribution in [0.2, 0.25) is 0 Å². The quantitative estimate of drug-likeness (QED) is 0.548. The third-order valence-electron chi connectivity index (χ3n) is 4.23. The molecule has 0 amide bonds. The largest absolute Gasteiger partial charge is 0.392 e. The van der Waals surface area contributed by atoms with Gasteiger partial charge in [0.2, 0.25) is 5.69 Å². The van der Waals surface area contributed by atoms with Crippen molar-refractivity contribution in [3.05, 3.63) is 78.9 Å². The van der Waals surface area contributed by atoms with Crippen LogP contribution in [0.15, 0.2) is 73.3 Å². The van der Waals surface area contributed by atoms with Gasteiger partial charge < -0.3 is 9.79 Å². The van der Waals surface area contributed by atoms with E-state index in [4.69, 9.17) is 5.26 Å². The summed E-state index contributed by atoms with van der Waals surface area (Å²) in [5, 5.41) is 8.86. The van der Waals surface area contributed by atoms with Gasteiger partial charge in [-0.15, -0.1) is 0 Å². The smallest absolute Gasteiger partial charge is 0.320 e. The summed E-state index contributed by atoms with van der Waals surface area (Å²) in [5.74, 6) is -0.897. The minimum atomic E-state index is -4.17. The van der Waals surface area contributed by atoms with Gasteiger partial charge in [-0.2, -0.15) is 14.4 Å². The van der Waals surface area contributed by atoms with Crippen molar-refractivity contribution in [1.82, 2.24) is 0 Å². The van der Waals surface area contributed by atoms with Crippen molar-refractivity contribution in [2.45, 2.75) is 12.7 Å². The summed E-state index contributed by atoms with van der Waals surface area (Å²) in [6, 6.07) is 17.0. The van der Waals surface area contributed by atoms with Crippen LogP contribution in [0.4, 0.5) is 0 Å². The molecule has 6 nitrogen and oxygen atoms in total. The van der Waals surface area contributed by atoms with Crippen LogP contribution in [0, 0.1) is 11.3 Å². The fourth-order valence-corrected chi connectivity index (χ4v) is 3.05. The minimum absolute atomic E-state index is 0.619. The lowest BCUT2D eigenvalue weighted by atomic mass is 10.1. The number of hydrogen-bond acceptors (Lipinski definition) is 2. The van der Waals surface area contributed by atoms with E-state index < -0.39 is 13.4 Å². The fraction of sp³-hybridized carbons (Fsp3) is 0.105. The van der Waals surface area contributed by atoms with Crippen molar-refractivity contribution >= 4 is 7.60 Å². The molecule has 0 aliphatic rings. The molecular weight excluding hydrogens is 349 g/mol. The molecule has 3 aromatic rings. The van der Waals surface area contributed by atoms with Crippen molar-refractivity contribution in [3.63, 3.8) is 0 Å². The second-order valence-corrected chi connectivity index (χ2v) is 7.83. The maximum atomic E-state index is 11.4. The Kier molecular flexibility index (Phi) is 4.97. The zero-order valence-electron chi connectivity index (χ0n) is 14.1. The van der Waals surface area contributed by atoms with E-state index in [9.17, 15) is 14.4 Å². The van der Waals surface area contributed by atoms with Crippen LogP contribution >= 0.6 is 7.60 Å². The average Bonchev–Trinajstić information content (AvgIpc) is 2.67. The van der Waals surface area contributed by atoms with Gasteiger partial charge in [0.15, 0.2) is 24.8 Å². The highest BCUT2D eigenvalue weighted by Gasteiger charge is 2.32. The Hall–Kier alpha value is -2.84. The molecule has 2 aromatic heterocycles. The number of hydrogen-bond donors (Lipinski definition) is 2. The molecule has 0 saturated carbocycles. The van der Waals surface area contributed by atoms with E-state index in [0.717, 1.165) is 16.8 Å². The summed E-state index contributed by atoms with van der Waals surface area (Å²) < 4.78 is 14.8. The molecule has 1 atom stereocenters.